The van der Waals surface area contributed by atoms with E-state index in [1.807, 2.05) is 6.92 Å². The average Bonchev–Trinajstić information content (AvgIpc) is 2.37. The molecule has 118 valence electrons. The van der Waals surface area contributed by atoms with Crippen molar-refractivity contribution in [2.24, 2.45) is 5.73 Å². The molecule has 0 aliphatic heterocycles. The van der Waals surface area contributed by atoms with Gasteiger partial charge in [-0.3, -0.25) is 10.3 Å². The molecule has 0 aliphatic carbocycles. The summed E-state index contributed by atoms with van der Waals surface area (Å²) in [5, 5.41) is 7.49. The summed E-state index contributed by atoms with van der Waals surface area (Å²) in [5.41, 5.74) is 6.51. The number of amidine groups is 1. The normalized spacial score (nSPS) is 11.7. The molecule has 1 rings (SSSR count). The van der Waals surface area contributed by atoms with Crippen molar-refractivity contribution in [1.82, 2.24) is 4.90 Å². The maximum atomic E-state index is 12.5. The van der Waals surface area contributed by atoms with Gasteiger partial charge in [-0.05, 0) is 30.7 Å². The third-order valence-electron chi connectivity index (χ3n) is 2.90. The summed E-state index contributed by atoms with van der Waals surface area (Å²) < 4.78 is 42.7. The van der Waals surface area contributed by atoms with Crippen LogP contribution in [-0.2, 0) is 6.54 Å². The van der Waals surface area contributed by atoms with Crippen LogP contribution in [0.2, 0.25) is 0 Å². The van der Waals surface area contributed by atoms with Crippen LogP contribution in [0.3, 0.4) is 0 Å². The first-order valence-electron chi connectivity index (χ1n) is 6.57. The lowest BCUT2D eigenvalue weighted by molar-refractivity contribution is -0.147. The molecule has 4 nitrogen and oxygen atoms in total. The first-order valence-corrected chi connectivity index (χ1v) is 6.57. The van der Waals surface area contributed by atoms with Gasteiger partial charge in [-0.25, -0.2) is 0 Å². The van der Waals surface area contributed by atoms with Gasteiger partial charge in [0.1, 0.15) is 11.6 Å². The molecule has 0 atom stereocenters. The molecule has 21 heavy (non-hydrogen) atoms. The molecular formula is C14H20F3N3O. The minimum absolute atomic E-state index is 0.150. The molecule has 0 fully saturated rings. The van der Waals surface area contributed by atoms with Gasteiger partial charge in [-0.2, -0.15) is 13.2 Å². The molecule has 0 saturated heterocycles. The number of rotatable bonds is 7. The number of ether oxygens (including phenoxy) is 1. The Morgan fingerprint density at radius 2 is 2.05 bits per heavy atom. The van der Waals surface area contributed by atoms with Gasteiger partial charge >= 0.3 is 6.18 Å². The zero-order chi connectivity index (χ0) is 16.0. The van der Waals surface area contributed by atoms with Gasteiger partial charge in [0.2, 0.25) is 0 Å². The first-order chi connectivity index (χ1) is 9.76. The van der Waals surface area contributed by atoms with Crippen LogP contribution < -0.4 is 10.5 Å². The fourth-order valence-corrected chi connectivity index (χ4v) is 2.11. The summed E-state index contributed by atoms with van der Waals surface area (Å²) in [7, 11) is 1.45. The quantitative estimate of drug-likeness (QED) is 0.601. The van der Waals surface area contributed by atoms with Crippen LogP contribution in [0.15, 0.2) is 18.2 Å². The highest BCUT2D eigenvalue weighted by Crippen LogP contribution is 2.22. The van der Waals surface area contributed by atoms with Crippen molar-refractivity contribution in [2.45, 2.75) is 26.1 Å². The lowest BCUT2D eigenvalue weighted by atomic mass is 10.1. The van der Waals surface area contributed by atoms with Gasteiger partial charge in [0, 0.05) is 6.54 Å². The van der Waals surface area contributed by atoms with Gasteiger partial charge < -0.3 is 10.5 Å². The zero-order valence-electron chi connectivity index (χ0n) is 12.1. The summed E-state index contributed by atoms with van der Waals surface area (Å²) in [6, 6.07) is 4.90. The van der Waals surface area contributed by atoms with E-state index in [0.717, 1.165) is 0 Å². The van der Waals surface area contributed by atoms with Crippen LogP contribution in [0.1, 0.15) is 24.5 Å². The van der Waals surface area contributed by atoms with E-state index in [1.54, 1.807) is 18.2 Å². The van der Waals surface area contributed by atoms with Crippen molar-refractivity contribution in [3.05, 3.63) is 29.3 Å². The topological polar surface area (TPSA) is 62.3 Å². The van der Waals surface area contributed by atoms with Gasteiger partial charge in [-0.15, -0.1) is 0 Å². The number of hydrogen-bond acceptors (Lipinski definition) is 3. The maximum absolute atomic E-state index is 12.5. The minimum atomic E-state index is -4.23. The number of nitrogens with two attached hydrogens (primary N) is 1. The lowest BCUT2D eigenvalue weighted by Crippen LogP contribution is -2.34. The number of methoxy groups -OCH3 is 1. The highest BCUT2D eigenvalue weighted by molar-refractivity contribution is 5.97. The summed E-state index contributed by atoms with van der Waals surface area (Å²) in [4.78, 5) is 1.33. The largest absolute Gasteiger partial charge is 0.496 e. The molecule has 0 aliphatic rings. The Kier molecular flexibility index (Phi) is 6.02. The molecule has 0 unspecified atom stereocenters. The number of alkyl halides is 3. The predicted molar refractivity (Wildman–Crippen MR) is 75.6 cm³/mol. The lowest BCUT2D eigenvalue weighted by Gasteiger charge is -2.23. The Bertz CT molecular complexity index is 489. The van der Waals surface area contributed by atoms with E-state index in [-0.39, 0.29) is 12.4 Å². The van der Waals surface area contributed by atoms with Gasteiger partial charge in [0.15, 0.2) is 0 Å². The molecule has 0 aromatic heterocycles. The van der Waals surface area contributed by atoms with Crippen LogP contribution >= 0.6 is 0 Å². The fraction of sp³-hybridized carbons (Fsp3) is 0.500. The third-order valence-corrected chi connectivity index (χ3v) is 2.90. The molecule has 0 saturated carbocycles. The monoisotopic (exact) mass is 303 g/mol. The Labute approximate surface area is 122 Å². The maximum Gasteiger partial charge on any atom is 0.401 e. The number of hydrogen-bond donors (Lipinski definition) is 2. The molecule has 3 N–H and O–H groups in total. The third kappa shape index (κ3) is 5.63. The standard InChI is InChI=1S/C14H20F3N3O/c1-3-6-20(9-14(15,16)17)8-10-4-5-12(21-2)11(7-10)13(18)19/h4-5,7H,3,6,8-9H2,1-2H3,(H3,18,19). The van der Waals surface area contributed by atoms with Crippen LogP contribution in [-0.4, -0.2) is 37.1 Å². The van der Waals surface area contributed by atoms with Crippen molar-refractivity contribution in [1.29, 1.82) is 5.41 Å². The average molecular weight is 303 g/mol. The van der Waals surface area contributed by atoms with Crippen LogP contribution in [0.4, 0.5) is 13.2 Å². The van der Waals surface area contributed by atoms with Crippen LogP contribution in [0.25, 0.3) is 0 Å². The number of benzene rings is 1. The highest BCUT2D eigenvalue weighted by Gasteiger charge is 2.30. The summed E-state index contributed by atoms with van der Waals surface area (Å²) >= 11 is 0. The van der Waals surface area contributed by atoms with E-state index in [0.29, 0.717) is 29.8 Å². The zero-order valence-corrected chi connectivity index (χ0v) is 12.1. The van der Waals surface area contributed by atoms with Crippen molar-refractivity contribution < 1.29 is 17.9 Å². The van der Waals surface area contributed by atoms with Crippen molar-refractivity contribution in [2.75, 3.05) is 20.2 Å². The summed E-state index contributed by atoms with van der Waals surface area (Å²) in [6.07, 6.45) is -3.60. The fourth-order valence-electron chi connectivity index (χ4n) is 2.11. The second kappa shape index (κ2) is 7.31. The molecule has 0 amide bonds. The van der Waals surface area contributed by atoms with E-state index in [4.69, 9.17) is 15.9 Å². The molecule has 0 heterocycles. The van der Waals surface area contributed by atoms with E-state index in [2.05, 4.69) is 0 Å². The smallest absolute Gasteiger partial charge is 0.401 e. The second-order valence-electron chi connectivity index (χ2n) is 4.77. The molecule has 1 aromatic carbocycles. The predicted octanol–water partition coefficient (Wildman–Crippen LogP) is 2.75. The van der Waals surface area contributed by atoms with Crippen molar-refractivity contribution in [3.8, 4) is 5.75 Å². The first kappa shape index (κ1) is 17.3. The van der Waals surface area contributed by atoms with Gasteiger partial charge in [0.25, 0.3) is 0 Å². The summed E-state index contributed by atoms with van der Waals surface area (Å²) in [5.74, 6) is 0.260. The number of nitrogens with zero attached hydrogens (tertiary/aromatic N) is 1. The van der Waals surface area contributed by atoms with Gasteiger partial charge in [-0.1, -0.05) is 13.0 Å². The highest BCUT2D eigenvalue weighted by atomic mass is 19.4. The molecule has 7 heteroatoms. The second-order valence-corrected chi connectivity index (χ2v) is 4.77. The van der Waals surface area contributed by atoms with Crippen LogP contribution in [0, 0.1) is 5.41 Å². The number of nitrogen functional groups attached to an aromatic ring is 1. The van der Waals surface area contributed by atoms with E-state index in [1.165, 1.54) is 12.0 Å². The summed E-state index contributed by atoms with van der Waals surface area (Å²) in [6.45, 7) is 1.37. The Balaban J connectivity index is 2.93. The van der Waals surface area contributed by atoms with E-state index < -0.39 is 12.7 Å². The Hall–Kier alpha value is -1.76. The Morgan fingerprint density at radius 1 is 1.38 bits per heavy atom. The SMILES string of the molecule is CCCN(Cc1ccc(OC)c(C(=N)N)c1)CC(F)(F)F. The minimum Gasteiger partial charge on any atom is -0.496 e. The number of halogens is 3. The van der Waals surface area contributed by atoms with Crippen molar-refractivity contribution >= 4 is 5.84 Å². The van der Waals surface area contributed by atoms with Gasteiger partial charge in [0.05, 0.1) is 19.2 Å². The molecule has 0 bridgehead atoms. The molecule has 0 spiro atoms. The van der Waals surface area contributed by atoms with E-state index >= 15 is 0 Å². The van der Waals surface area contributed by atoms with E-state index in [9.17, 15) is 13.2 Å². The van der Waals surface area contributed by atoms with Crippen LogP contribution in [0.5, 0.6) is 5.75 Å². The molecule has 0 radical (unpaired) electrons. The number of nitrogens with one attached hydrogen (secondary N) is 1. The Morgan fingerprint density at radius 3 is 2.52 bits per heavy atom. The molecular weight excluding hydrogens is 283 g/mol. The molecule has 1 aromatic rings. The van der Waals surface area contributed by atoms with Crippen molar-refractivity contribution in [3.63, 3.8) is 0 Å².